The van der Waals surface area contributed by atoms with E-state index in [-0.39, 0.29) is 22.9 Å². The average Bonchev–Trinajstić information content (AvgIpc) is 3.48. The van der Waals surface area contributed by atoms with Crippen LogP contribution in [-0.2, 0) is 10.2 Å². The summed E-state index contributed by atoms with van der Waals surface area (Å²) in [6, 6.07) is 11.6. The van der Waals surface area contributed by atoms with Crippen LogP contribution in [0.4, 0.5) is 15.8 Å². The largest absolute Gasteiger partial charge is 0.320 e. The van der Waals surface area contributed by atoms with Crippen LogP contribution in [0.5, 0.6) is 0 Å². The van der Waals surface area contributed by atoms with Gasteiger partial charge in [-0.3, -0.25) is 19.5 Å². The van der Waals surface area contributed by atoms with Crippen LogP contribution in [0.25, 0.3) is 11.4 Å². The summed E-state index contributed by atoms with van der Waals surface area (Å²) in [6.45, 7) is 6.51. The number of carbonyl (C=O) groups excluding carboxylic acids is 1. The molecule has 4 rings (SSSR count). The van der Waals surface area contributed by atoms with E-state index in [0.717, 1.165) is 49.2 Å². The number of hydrogen-bond donors (Lipinski definition) is 1. The van der Waals surface area contributed by atoms with Gasteiger partial charge in [-0.05, 0) is 36.0 Å². The molecule has 0 unspecified atom stereocenters. The Balaban J connectivity index is 1.54. The van der Waals surface area contributed by atoms with Gasteiger partial charge >= 0.3 is 0 Å². The fourth-order valence-electron chi connectivity index (χ4n) is 4.26. The first kappa shape index (κ1) is 24.8. The molecule has 1 aromatic heterocycles. The minimum absolute atomic E-state index is 0.0116. The van der Waals surface area contributed by atoms with Gasteiger partial charge in [0.25, 0.3) is 5.69 Å². The van der Waals surface area contributed by atoms with Gasteiger partial charge in [0.15, 0.2) is 11.0 Å². The molecule has 184 valence electrons. The Labute approximate surface area is 207 Å². The fraction of sp³-hybridized carbons (Fsp3) is 0.400. The summed E-state index contributed by atoms with van der Waals surface area (Å²) in [6.07, 6.45) is 4.30. The van der Waals surface area contributed by atoms with Gasteiger partial charge in [0.1, 0.15) is 11.5 Å². The molecule has 35 heavy (non-hydrogen) atoms. The molecule has 3 aromatic rings. The standard InChI is InChI=1S/C25H28FN5O3S/c1-25(2,3)17-10-8-16(9-11-17)23-28-29-24(30(23)19-6-4-5-7-19)35-15-22(32)27-20-13-12-18(26)14-21(20)31(33)34/h8-14,19H,4-7,15H2,1-3H3,(H,27,32). The Hall–Kier alpha value is -3.27. The van der Waals surface area contributed by atoms with E-state index in [4.69, 9.17) is 0 Å². The molecule has 10 heteroatoms. The third kappa shape index (κ3) is 5.70. The predicted molar refractivity (Wildman–Crippen MR) is 134 cm³/mol. The topological polar surface area (TPSA) is 103 Å². The molecule has 0 spiro atoms. The second-order valence-electron chi connectivity index (χ2n) is 9.70. The van der Waals surface area contributed by atoms with Crippen LogP contribution in [0, 0.1) is 15.9 Å². The molecule has 1 saturated carbocycles. The van der Waals surface area contributed by atoms with Gasteiger partial charge in [-0.1, -0.05) is 69.6 Å². The van der Waals surface area contributed by atoms with Crippen molar-refractivity contribution in [2.24, 2.45) is 0 Å². The van der Waals surface area contributed by atoms with Crippen LogP contribution in [0.15, 0.2) is 47.6 Å². The number of amides is 1. The highest BCUT2D eigenvalue weighted by Gasteiger charge is 2.26. The van der Waals surface area contributed by atoms with E-state index >= 15 is 0 Å². The molecule has 0 atom stereocenters. The lowest BCUT2D eigenvalue weighted by molar-refractivity contribution is -0.384. The zero-order valence-corrected chi connectivity index (χ0v) is 20.8. The molecule has 0 radical (unpaired) electrons. The maximum absolute atomic E-state index is 13.4. The molecule has 1 N–H and O–H groups in total. The number of nitrogens with one attached hydrogen (secondary N) is 1. The molecule has 8 nitrogen and oxygen atoms in total. The summed E-state index contributed by atoms with van der Waals surface area (Å²) in [5.74, 6) is -0.421. The minimum Gasteiger partial charge on any atom is -0.320 e. The first-order valence-electron chi connectivity index (χ1n) is 11.6. The molecule has 1 heterocycles. The maximum atomic E-state index is 13.4. The minimum atomic E-state index is -0.739. The zero-order chi connectivity index (χ0) is 25.2. The van der Waals surface area contributed by atoms with E-state index in [1.165, 1.54) is 23.4 Å². The van der Waals surface area contributed by atoms with Gasteiger partial charge in [-0.2, -0.15) is 0 Å². The summed E-state index contributed by atoms with van der Waals surface area (Å²) in [4.78, 5) is 23.1. The number of nitrogens with zero attached hydrogens (tertiary/aromatic N) is 4. The number of nitro groups is 1. The van der Waals surface area contributed by atoms with Gasteiger partial charge in [0.2, 0.25) is 5.91 Å². The highest BCUT2D eigenvalue weighted by atomic mass is 32.2. The smallest absolute Gasteiger partial charge is 0.295 e. The van der Waals surface area contributed by atoms with Crippen molar-refractivity contribution in [1.29, 1.82) is 0 Å². The number of carbonyl (C=O) groups is 1. The molecule has 1 aliphatic carbocycles. The van der Waals surface area contributed by atoms with Crippen molar-refractivity contribution in [2.45, 2.75) is 63.1 Å². The molecule has 2 aromatic carbocycles. The second kappa shape index (κ2) is 10.2. The Morgan fingerprint density at radius 3 is 2.49 bits per heavy atom. The molecule has 1 fully saturated rings. The first-order chi connectivity index (χ1) is 16.6. The third-order valence-corrected chi connectivity index (χ3v) is 7.07. The maximum Gasteiger partial charge on any atom is 0.295 e. The fourth-order valence-corrected chi connectivity index (χ4v) is 5.07. The number of benzene rings is 2. The lowest BCUT2D eigenvalue weighted by Crippen LogP contribution is -2.16. The average molecular weight is 498 g/mol. The van der Waals surface area contributed by atoms with E-state index in [0.29, 0.717) is 5.16 Å². The third-order valence-electron chi connectivity index (χ3n) is 6.13. The van der Waals surface area contributed by atoms with Crippen molar-refractivity contribution in [3.05, 3.63) is 64.0 Å². The molecular formula is C25H28FN5O3S. The molecule has 0 aliphatic heterocycles. The monoisotopic (exact) mass is 497 g/mol. The molecule has 0 bridgehead atoms. The van der Waals surface area contributed by atoms with Crippen LogP contribution < -0.4 is 5.32 Å². The summed E-state index contributed by atoms with van der Waals surface area (Å²) in [5, 5.41) is 23.2. The lowest BCUT2D eigenvalue weighted by atomic mass is 9.86. The SMILES string of the molecule is CC(C)(C)c1ccc(-c2nnc(SCC(=O)Nc3ccc(F)cc3[N+](=O)[O-])n2C2CCCC2)cc1. The van der Waals surface area contributed by atoms with Crippen LogP contribution >= 0.6 is 11.8 Å². The van der Waals surface area contributed by atoms with Crippen molar-refractivity contribution in [3.63, 3.8) is 0 Å². The van der Waals surface area contributed by atoms with E-state index < -0.39 is 22.3 Å². The van der Waals surface area contributed by atoms with Gasteiger partial charge in [-0.15, -0.1) is 10.2 Å². The van der Waals surface area contributed by atoms with Crippen LogP contribution in [0.2, 0.25) is 0 Å². The molecular weight excluding hydrogens is 469 g/mol. The van der Waals surface area contributed by atoms with Gasteiger partial charge in [0, 0.05) is 11.6 Å². The van der Waals surface area contributed by atoms with Gasteiger partial charge < -0.3 is 5.32 Å². The summed E-state index contributed by atoms with van der Waals surface area (Å²) in [7, 11) is 0. The summed E-state index contributed by atoms with van der Waals surface area (Å²) < 4.78 is 15.5. The Bertz CT molecular complexity index is 1230. The molecule has 1 amide bonds. The van der Waals surface area contributed by atoms with Crippen molar-refractivity contribution in [3.8, 4) is 11.4 Å². The highest BCUT2D eigenvalue weighted by molar-refractivity contribution is 7.99. The van der Waals surface area contributed by atoms with Crippen LogP contribution in [-0.4, -0.2) is 31.3 Å². The molecule has 1 aliphatic rings. The van der Waals surface area contributed by atoms with Crippen molar-refractivity contribution >= 4 is 29.0 Å². The van der Waals surface area contributed by atoms with E-state index in [9.17, 15) is 19.3 Å². The normalized spacial score (nSPS) is 14.3. The van der Waals surface area contributed by atoms with E-state index in [2.05, 4.69) is 65.1 Å². The van der Waals surface area contributed by atoms with Gasteiger partial charge in [0.05, 0.1) is 16.7 Å². The summed E-state index contributed by atoms with van der Waals surface area (Å²) >= 11 is 1.23. The quantitative estimate of drug-likeness (QED) is 0.239. The van der Waals surface area contributed by atoms with E-state index in [1.807, 2.05) is 0 Å². The van der Waals surface area contributed by atoms with Crippen LogP contribution in [0.1, 0.15) is 58.1 Å². The number of halogens is 1. The van der Waals surface area contributed by atoms with Crippen molar-refractivity contribution < 1.29 is 14.1 Å². The Morgan fingerprint density at radius 1 is 1.17 bits per heavy atom. The summed E-state index contributed by atoms with van der Waals surface area (Å²) in [5.41, 5.74) is 1.72. The highest BCUT2D eigenvalue weighted by Crippen LogP contribution is 2.37. The van der Waals surface area contributed by atoms with Crippen LogP contribution in [0.3, 0.4) is 0 Å². The van der Waals surface area contributed by atoms with Crippen molar-refractivity contribution in [1.82, 2.24) is 14.8 Å². The molecule has 0 saturated heterocycles. The second-order valence-corrected chi connectivity index (χ2v) is 10.6. The van der Waals surface area contributed by atoms with Gasteiger partial charge in [-0.25, -0.2) is 4.39 Å². The Morgan fingerprint density at radius 2 is 1.86 bits per heavy atom. The number of anilines is 1. The zero-order valence-electron chi connectivity index (χ0n) is 20.0. The number of rotatable bonds is 7. The Kier molecular flexibility index (Phi) is 7.20. The number of hydrogen-bond acceptors (Lipinski definition) is 6. The lowest BCUT2D eigenvalue weighted by Gasteiger charge is -2.20. The number of nitro benzene ring substituents is 1. The number of aromatic nitrogens is 3. The van der Waals surface area contributed by atoms with E-state index in [1.54, 1.807) is 0 Å². The predicted octanol–water partition coefficient (Wildman–Crippen LogP) is 6.14. The van der Waals surface area contributed by atoms with Crippen molar-refractivity contribution in [2.75, 3.05) is 11.1 Å². The first-order valence-corrected chi connectivity index (χ1v) is 12.5. The number of thioether (sulfide) groups is 1.